The van der Waals surface area contributed by atoms with E-state index in [1.807, 2.05) is 92.6 Å². The van der Waals surface area contributed by atoms with Crippen molar-refractivity contribution in [2.45, 2.75) is 77.1 Å². The molecular weight excluding hydrogens is 969 g/mol. The van der Waals surface area contributed by atoms with Crippen LogP contribution in [0.4, 0.5) is 59.9 Å². The number of rotatable bonds is 12. The fraction of sp³-hybridized carbons (Fsp3) is 0.481. The van der Waals surface area contributed by atoms with Crippen LogP contribution < -0.4 is 41.1 Å². The molecule has 22 heteroatoms. The van der Waals surface area contributed by atoms with Crippen molar-refractivity contribution in [2.75, 3.05) is 129 Å². The molecule has 3 unspecified atom stereocenters. The van der Waals surface area contributed by atoms with Gasteiger partial charge in [-0.1, -0.05) is 24.3 Å². The molecule has 402 valence electrons. The topological polar surface area (TPSA) is 236 Å². The zero-order valence-corrected chi connectivity index (χ0v) is 44.4. The Morgan fingerprint density at radius 1 is 0.635 bits per heavy atom. The minimum atomic E-state index is -3.53. The van der Waals surface area contributed by atoms with Crippen LogP contribution in [0.5, 0.6) is 0 Å². The molecule has 6 heterocycles. The third-order valence-corrected chi connectivity index (χ3v) is 15.1. The van der Waals surface area contributed by atoms with Crippen molar-refractivity contribution in [1.29, 1.82) is 0 Å². The summed E-state index contributed by atoms with van der Waals surface area (Å²) in [5, 5.41) is 33.4. The predicted octanol–water partition coefficient (Wildman–Crippen LogP) is 6.21. The van der Waals surface area contributed by atoms with Crippen molar-refractivity contribution in [3.8, 4) is 0 Å². The number of hydrogen-bond acceptors (Lipinski definition) is 13. The Labute approximate surface area is 435 Å². The second kappa shape index (κ2) is 25.1. The van der Waals surface area contributed by atoms with Crippen molar-refractivity contribution >= 4 is 73.8 Å². The molecule has 21 nitrogen and oxygen atoms in total. The summed E-state index contributed by atoms with van der Waals surface area (Å²) < 4.78 is 38.6. The molecule has 74 heavy (non-hydrogen) atoms. The van der Waals surface area contributed by atoms with Gasteiger partial charge in [0.1, 0.15) is 0 Å². The maximum Gasteiger partial charge on any atom is 0.324 e. The molecule has 6 aliphatic rings. The van der Waals surface area contributed by atoms with Crippen molar-refractivity contribution in [1.82, 2.24) is 19.0 Å². The van der Waals surface area contributed by atoms with Crippen LogP contribution in [0.3, 0.4) is 0 Å². The summed E-state index contributed by atoms with van der Waals surface area (Å²) in [6.07, 6.45) is 4.19. The minimum Gasteiger partial charge on any atom is -0.395 e. The molecule has 4 aromatic rings. The number of carbonyl (C=O) groups is 3. The quantitative estimate of drug-likeness (QED) is 0.0790. The lowest BCUT2D eigenvalue weighted by atomic mass is 10.1. The van der Waals surface area contributed by atoms with E-state index in [0.29, 0.717) is 45.0 Å². The second-order valence-electron chi connectivity index (χ2n) is 19.0. The number of aliphatic hydroxyl groups is 2. The van der Waals surface area contributed by atoms with Crippen molar-refractivity contribution in [3.05, 3.63) is 95.1 Å². The number of urea groups is 3. The van der Waals surface area contributed by atoms with Crippen LogP contribution in [0.15, 0.2) is 72.8 Å². The van der Waals surface area contributed by atoms with E-state index in [1.54, 1.807) is 41.8 Å². The van der Waals surface area contributed by atoms with Gasteiger partial charge in [-0.05, 0) is 103 Å². The highest BCUT2D eigenvalue weighted by Crippen LogP contribution is 2.33. The number of aliphatic hydroxyl groups excluding tert-OH is 2. The van der Waals surface area contributed by atoms with E-state index >= 15 is 0 Å². The summed E-state index contributed by atoms with van der Waals surface area (Å²) in [5.74, 6) is 0. The van der Waals surface area contributed by atoms with Crippen LogP contribution in [0.25, 0.3) is 0 Å². The molecule has 6 amide bonds. The highest BCUT2D eigenvalue weighted by molar-refractivity contribution is 7.90. The number of fused-ring (bicyclic) bond motifs is 4. The van der Waals surface area contributed by atoms with Crippen LogP contribution in [-0.4, -0.2) is 162 Å². The maximum atomic E-state index is 12.5. The largest absolute Gasteiger partial charge is 0.395 e. The summed E-state index contributed by atoms with van der Waals surface area (Å²) in [7, 11) is 7.45. The first-order chi connectivity index (χ1) is 35.5. The summed E-state index contributed by atoms with van der Waals surface area (Å²) in [4.78, 5) is 45.4. The average molecular weight is 1040 g/mol. The van der Waals surface area contributed by atoms with Gasteiger partial charge in [-0.2, -0.15) is 12.7 Å². The number of benzene rings is 4. The number of nitrogens with one attached hydrogen (secondary N) is 6. The molecule has 0 aliphatic carbocycles. The molecule has 0 spiro atoms. The summed E-state index contributed by atoms with van der Waals surface area (Å²) in [5.41, 5.74) is 11.6. The lowest BCUT2D eigenvalue weighted by molar-refractivity contribution is 0.0800. The van der Waals surface area contributed by atoms with E-state index in [2.05, 4.69) is 43.4 Å². The van der Waals surface area contributed by atoms with Gasteiger partial charge in [0.25, 0.3) is 0 Å². The zero-order valence-electron chi connectivity index (χ0n) is 43.6. The molecule has 3 atom stereocenters. The lowest BCUT2D eigenvalue weighted by Crippen LogP contribution is -2.47. The van der Waals surface area contributed by atoms with E-state index in [4.69, 9.17) is 14.6 Å². The molecule has 0 saturated carbocycles. The zero-order chi connectivity index (χ0) is 53.1. The van der Waals surface area contributed by atoms with Crippen LogP contribution in [0, 0.1) is 0 Å². The molecule has 2 saturated heterocycles. The fourth-order valence-electron chi connectivity index (χ4n) is 9.54. The van der Waals surface area contributed by atoms with Crippen LogP contribution in [0.1, 0.15) is 54.9 Å². The van der Waals surface area contributed by atoms with Gasteiger partial charge in [0.15, 0.2) is 0 Å². The highest BCUT2D eigenvalue weighted by atomic mass is 32.2. The van der Waals surface area contributed by atoms with Gasteiger partial charge in [0.2, 0.25) is 0 Å². The molecule has 0 aromatic heterocycles. The number of β-amino-alcohol motifs (C(OH)–C–C–N with tert-alkyl or cyclic N) is 2. The second-order valence-corrected chi connectivity index (χ2v) is 20.6. The molecule has 0 bridgehead atoms. The highest BCUT2D eigenvalue weighted by Gasteiger charge is 2.33. The number of hydrogen-bond donors (Lipinski definition) is 8. The predicted molar refractivity (Wildman–Crippen MR) is 291 cm³/mol. The fourth-order valence-corrected chi connectivity index (χ4v) is 10.8. The summed E-state index contributed by atoms with van der Waals surface area (Å²) in [6.45, 7) is 7.13. The SMILES string of the molecule is CNc1ccc2c(c1)N(C)C(=O)N(CC(C)O)C2.CNc1ccc2c(c1)N(C)C(=O)N(CC1CCCO1)C2.CNc1ccc2c(c1)NC(=O)N(CC1CCCO1)C2.CNc1ccc2c(c1)NS(=O)(=O)N(CCO)C2. The minimum absolute atomic E-state index is 0.0312. The monoisotopic (exact) mass is 1040 g/mol. The summed E-state index contributed by atoms with van der Waals surface area (Å²) in [6, 6.07) is 23.6. The number of anilines is 8. The van der Waals surface area contributed by atoms with Gasteiger partial charge in [-0.3, -0.25) is 14.5 Å². The van der Waals surface area contributed by atoms with E-state index in [9.17, 15) is 27.9 Å². The number of carbonyl (C=O) groups excluding carboxylic acids is 3. The van der Waals surface area contributed by atoms with E-state index < -0.39 is 16.3 Å². The van der Waals surface area contributed by atoms with Crippen molar-refractivity contribution in [2.24, 2.45) is 0 Å². The molecule has 2 fully saturated rings. The lowest BCUT2D eigenvalue weighted by Gasteiger charge is -2.36. The molecule has 6 aliphatic heterocycles. The van der Waals surface area contributed by atoms with Gasteiger partial charge in [-0.25, -0.2) is 14.4 Å². The molecular formula is C52H74N12O9S. The average Bonchev–Trinajstić information content (AvgIpc) is 4.13. The normalized spacial score (nSPS) is 19.9. The number of ether oxygens (including phenoxy) is 2. The third kappa shape index (κ3) is 13.6. The molecule has 10 rings (SSSR count). The Hall–Kier alpha value is -6.56. The molecule has 0 radical (unpaired) electrons. The number of amides is 6. The maximum absolute atomic E-state index is 12.5. The van der Waals surface area contributed by atoms with Crippen molar-refractivity contribution < 1.29 is 42.5 Å². The van der Waals surface area contributed by atoms with Crippen LogP contribution in [0.2, 0.25) is 0 Å². The molecule has 8 N–H and O–H groups in total. The number of nitrogens with zero attached hydrogens (tertiary/aromatic N) is 6. The third-order valence-electron chi connectivity index (χ3n) is 13.7. The Morgan fingerprint density at radius 3 is 1.57 bits per heavy atom. The van der Waals surface area contributed by atoms with Gasteiger partial charge in [0.05, 0.1) is 42.0 Å². The Balaban J connectivity index is 0.000000144. The van der Waals surface area contributed by atoms with Gasteiger partial charge in [0, 0.05) is 136 Å². The van der Waals surface area contributed by atoms with Crippen LogP contribution >= 0.6 is 0 Å². The Kier molecular flexibility index (Phi) is 18.7. The van der Waals surface area contributed by atoms with Crippen molar-refractivity contribution in [3.63, 3.8) is 0 Å². The first-order valence-electron chi connectivity index (χ1n) is 25.2. The Bertz CT molecular complexity index is 2700. The smallest absolute Gasteiger partial charge is 0.324 e. The van der Waals surface area contributed by atoms with Gasteiger partial charge < -0.3 is 61.0 Å². The van der Waals surface area contributed by atoms with Crippen LogP contribution in [-0.2, 0) is 45.9 Å². The first-order valence-corrected chi connectivity index (χ1v) is 26.6. The Morgan fingerprint density at radius 2 is 1.08 bits per heavy atom. The summed E-state index contributed by atoms with van der Waals surface area (Å²) >= 11 is 0. The van der Waals surface area contributed by atoms with Gasteiger partial charge >= 0.3 is 28.3 Å². The van der Waals surface area contributed by atoms with Gasteiger partial charge in [-0.15, -0.1) is 0 Å². The molecule has 4 aromatic carbocycles. The van der Waals surface area contributed by atoms with E-state index in [0.717, 1.165) is 95.4 Å². The van der Waals surface area contributed by atoms with E-state index in [1.165, 1.54) is 9.87 Å². The van der Waals surface area contributed by atoms with E-state index in [-0.39, 0.29) is 50.0 Å². The standard InChI is InChI=1S/C15H21N3O2.C14H19N3O2.C13H19N3O2.C10H15N3O3S/c1-16-12-6-5-11-9-18(10-13-4-3-7-20-13)15(19)17(2)14(11)8-12;1-15-11-5-4-10-8-17(9-12-3-2-6-19-12)14(18)16-13(10)7-11;1-9(17)7-16-8-10-4-5-11(14-2)6-12(10)15(3)13(16)18;1-11-9-3-2-8-7-13(4-5-14)17(15,16)12-10(8)6-9/h5-6,8,13,16H,3-4,7,9-10H2,1-2H3;4-5,7,12,15H,2-3,6,8-9H2,1H3,(H,16,18);4-6,9,14,17H,7-8H2,1-3H3;2-3,6,11-12,14H,4-5,7H2,1H3. The first kappa shape index (κ1) is 55.2.